The van der Waals surface area contributed by atoms with E-state index in [0.29, 0.717) is 22.9 Å². The quantitative estimate of drug-likeness (QED) is 0.212. The number of benzene rings is 3. The lowest BCUT2D eigenvalue weighted by atomic mass is 10.2. The highest BCUT2D eigenvalue weighted by molar-refractivity contribution is 6.30. The summed E-state index contributed by atoms with van der Waals surface area (Å²) in [6.45, 7) is 1.81. The number of hydrogen-bond acceptors (Lipinski definition) is 5. The van der Waals surface area contributed by atoms with E-state index in [2.05, 4.69) is 20.3 Å². The molecule has 0 atom stereocenters. The van der Waals surface area contributed by atoms with E-state index in [1.165, 1.54) is 30.5 Å². The predicted octanol–water partition coefficient (Wildman–Crippen LogP) is 6.38. The first kappa shape index (κ1) is 24.2. The van der Waals surface area contributed by atoms with E-state index in [1.807, 2.05) is 6.92 Å². The SMILES string of the molecule is Cc1cn(-c2cnc3ccc(Oc4c(F)c(F)cc(NC(=O)c5ccc(Cl)c(F)c5)c4F)cc3n2)cn1. The van der Waals surface area contributed by atoms with Crippen molar-refractivity contribution in [3.8, 4) is 17.3 Å². The maximum atomic E-state index is 15.1. The number of nitrogens with one attached hydrogen (secondary N) is 1. The highest BCUT2D eigenvalue weighted by Gasteiger charge is 2.23. The van der Waals surface area contributed by atoms with Crippen LogP contribution in [0.5, 0.6) is 11.5 Å². The van der Waals surface area contributed by atoms with E-state index in [9.17, 15) is 18.0 Å². The van der Waals surface area contributed by atoms with Crippen LogP contribution in [0.4, 0.5) is 23.2 Å². The maximum Gasteiger partial charge on any atom is 0.255 e. The highest BCUT2D eigenvalue weighted by atomic mass is 35.5. The van der Waals surface area contributed by atoms with Gasteiger partial charge in [0.15, 0.2) is 17.5 Å². The minimum absolute atomic E-state index is 0.0683. The summed E-state index contributed by atoms with van der Waals surface area (Å²) >= 11 is 5.60. The smallest absolute Gasteiger partial charge is 0.255 e. The van der Waals surface area contributed by atoms with Gasteiger partial charge >= 0.3 is 0 Å². The van der Waals surface area contributed by atoms with Crippen molar-refractivity contribution in [3.63, 3.8) is 0 Å². The lowest BCUT2D eigenvalue weighted by Crippen LogP contribution is -2.14. The van der Waals surface area contributed by atoms with E-state index in [0.717, 1.165) is 17.8 Å². The third-order valence-electron chi connectivity index (χ3n) is 5.24. The van der Waals surface area contributed by atoms with Gasteiger partial charge in [0.25, 0.3) is 5.91 Å². The molecule has 37 heavy (non-hydrogen) atoms. The number of carbonyl (C=O) groups excluding carboxylic acids is 1. The molecule has 0 aliphatic heterocycles. The van der Waals surface area contributed by atoms with Crippen molar-refractivity contribution in [1.82, 2.24) is 19.5 Å². The second kappa shape index (κ2) is 9.51. The Bertz CT molecular complexity index is 1690. The number of hydrogen-bond donors (Lipinski definition) is 1. The van der Waals surface area contributed by atoms with Gasteiger partial charge in [-0.05, 0) is 37.3 Å². The molecule has 0 fully saturated rings. The molecule has 1 amide bonds. The van der Waals surface area contributed by atoms with Crippen LogP contribution in [0.1, 0.15) is 16.1 Å². The molecule has 5 rings (SSSR count). The van der Waals surface area contributed by atoms with E-state index in [1.54, 1.807) is 17.1 Å². The minimum Gasteiger partial charge on any atom is -0.451 e. The Hall–Kier alpha value is -4.51. The molecule has 5 aromatic rings. The molecule has 2 aromatic heterocycles. The Morgan fingerprint density at radius 3 is 2.51 bits per heavy atom. The number of aryl methyl sites for hydroxylation is 1. The van der Waals surface area contributed by atoms with Gasteiger partial charge in [-0.1, -0.05) is 11.6 Å². The number of halogens is 5. The second-order valence-electron chi connectivity index (χ2n) is 7.85. The highest BCUT2D eigenvalue weighted by Crippen LogP contribution is 2.35. The summed E-state index contributed by atoms with van der Waals surface area (Å²) in [5.74, 6) is -7.04. The zero-order valence-corrected chi connectivity index (χ0v) is 19.5. The molecule has 0 radical (unpaired) electrons. The van der Waals surface area contributed by atoms with Gasteiger partial charge in [0.05, 0.1) is 33.6 Å². The topological polar surface area (TPSA) is 81.9 Å². The third-order valence-corrected chi connectivity index (χ3v) is 5.55. The van der Waals surface area contributed by atoms with Gasteiger partial charge in [-0.2, -0.15) is 4.39 Å². The van der Waals surface area contributed by atoms with Crippen molar-refractivity contribution in [3.05, 3.63) is 101 Å². The molecule has 2 heterocycles. The molecule has 0 saturated heterocycles. The molecule has 1 N–H and O–H groups in total. The van der Waals surface area contributed by atoms with E-state index >= 15 is 4.39 Å². The Morgan fingerprint density at radius 2 is 1.78 bits per heavy atom. The van der Waals surface area contributed by atoms with Gasteiger partial charge in [-0.3, -0.25) is 14.3 Å². The van der Waals surface area contributed by atoms with Crippen LogP contribution in [0.25, 0.3) is 16.9 Å². The first-order valence-electron chi connectivity index (χ1n) is 10.6. The molecule has 0 spiro atoms. The molecule has 0 unspecified atom stereocenters. The van der Waals surface area contributed by atoms with E-state index in [4.69, 9.17) is 16.3 Å². The average Bonchev–Trinajstić information content (AvgIpc) is 3.32. The van der Waals surface area contributed by atoms with Gasteiger partial charge in [0.2, 0.25) is 11.6 Å². The number of aromatic nitrogens is 4. The zero-order chi connectivity index (χ0) is 26.3. The Balaban J connectivity index is 1.46. The number of amides is 1. The van der Waals surface area contributed by atoms with Crippen LogP contribution in [0, 0.1) is 30.2 Å². The second-order valence-corrected chi connectivity index (χ2v) is 8.26. The van der Waals surface area contributed by atoms with Crippen LogP contribution < -0.4 is 10.1 Å². The predicted molar refractivity (Wildman–Crippen MR) is 127 cm³/mol. The summed E-state index contributed by atoms with van der Waals surface area (Å²) in [5.41, 5.74) is 0.631. The minimum atomic E-state index is -1.61. The van der Waals surface area contributed by atoms with Crippen molar-refractivity contribution < 1.29 is 27.1 Å². The number of carbonyl (C=O) groups is 1. The monoisotopic (exact) mass is 527 g/mol. The van der Waals surface area contributed by atoms with Crippen LogP contribution in [0.2, 0.25) is 5.02 Å². The molecule has 12 heteroatoms. The number of anilines is 1. The summed E-state index contributed by atoms with van der Waals surface area (Å²) in [4.78, 5) is 25.3. The maximum absolute atomic E-state index is 15.1. The zero-order valence-electron chi connectivity index (χ0n) is 18.8. The van der Waals surface area contributed by atoms with Crippen LogP contribution in [0.3, 0.4) is 0 Å². The molecular weight excluding hydrogens is 514 g/mol. The third kappa shape index (κ3) is 4.81. The fourth-order valence-electron chi connectivity index (χ4n) is 3.43. The van der Waals surface area contributed by atoms with Crippen LogP contribution in [-0.4, -0.2) is 25.4 Å². The van der Waals surface area contributed by atoms with Crippen molar-refractivity contribution in [1.29, 1.82) is 0 Å². The van der Waals surface area contributed by atoms with E-state index in [-0.39, 0.29) is 16.3 Å². The number of fused-ring (bicyclic) bond motifs is 1. The van der Waals surface area contributed by atoms with Gasteiger partial charge in [-0.25, -0.2) is 23.1 Å². The molecule has 7 nitrogen and oxygen atoms in total. The summed E-state index contributed by atoms with van der Waals surface area (Å²) < 4.78 is 64.6. The summed E-state index contributed by atoms with van der Waals surface area (Å²) in [6.07, 6.45) is 4.82. The molecule has 0 aliphatic carbocycles. The first-order valence-corrected chi connectivity index (χ1v) is 11.0. The van der Waals surface area contributed by atoms with Gasteiger partial charge in [-0.15, -0.1) is 0 Å². The van der Waals surface area contributed by atoms with Crippen molar-refractivity contribution in [2.75, 3.05) is 5.32 Å². The Morgan fingerprint density at radius 1 is 0.973 bits per heavy atom. The molecule has 186 valence electrons. The van der Waals surface area contributed by atoms with Crippen molar-refractivity contribution >= 4 is 34.2 Å². The van der Waals surface area contributed by atoms with Crippen LogP contribution in [-0.2, 0) is 0 Å². The lowest BCUT2D eigenvalue weighted by molar-refractivity contribution is 0.102. The summed E-state index contributed by atoms with van der Waals surface area (Å²) in [5, 5.41) is 1.86. The molecular formula is C25H14ClF4N5O2. The molecule has 0 saturated carbocycles. The number of ether oxygens (including phenoxy) is 1. The van der Waals surface area contributed by atoms with Gasteiger partial charge in [0.1, 0.15) is 17.9 Å². The summed E-state index contributed by atoms with van der Waals surface area (Å²) in [6, 6.07) is 7.84. The standard InChI is InChI=1S/C25H14ClF4N5O2/c1-12-10-35(11-32-12)21-9-31-18-5-3-14(7-19(18)33-21)37-24-22(29)17(28)8-20(23(24)30)34-25(36)13-2-4-15(26)16(27)6-13/h2-11H,1H3,(H,34,36). The number of rotatable bonds is 5. The number of imidazole rings is 1. The van der Waals surface area contributed by atoms with Gasteiger partial charge in [0, 0.05) is 23.9 Å². The Labute approximate surface area is 211 Å². The fraction of sp³-hybridized carbons (Fsp3) is 0.0400. The molecule has 0 bridgehead atoms. The normalized spacial score (nSPS) is 11.1. The van der Waals surface area contributed by atoms with Crippen molar-refractivity contribution in [2.24, 2.45) is 0 Å². The Kier molecular flexibility index (Phi) is 6.22. The molecule has 3 aromatic carbocycles. The van der Waals surface area contributed by atoms with Crippen LogP contribution in [0.15, 0.2) is 61.2 Å². The largest absolute Gasteiger partial charge is 0.451 e. The lowest BCUT2D eigenvalue weighted by Gasteiger charge is -2.13. The average molecular weight is 528 g/mol. The number of nitrogens with zero attached hydrogens (tertiary/aromatic N) is 4. The van der Waals surface area contributed by atoms with Crippen molar-refractivity contribution in [2.45, 2.75) is 6.92 Å². The summed E-state index contributed by atoms with van der Waals surface area (Å²) in [7, 11) is 0. The molecule has 0 aliphatic rings. The van der Waals surface area contributed by atoms with E-state index < -0.39 is 40.6 Å². The van der Waals surface area contributed by atoms with Gasteiger partial charge < -0.3 is 10.1 Å². The first-order chi connectivity index (χ1) is 17.7. The fourth-order valence-corrected chi connectivity index (χ4v) is 3.54. The van der Waals surface area contributed by atoms with Crippen LogP contribution >= 0.6 is 11.6 Å².